The van der Waals surface area contributed by atoms with Crippen LogP contribution < -0.4 is 10.6 Å². The standard InChI is InChI=1S/C10H15N3O2S/c1-8-6-10(12-7-9(8)11)13-2-4-16(14,15)5-3-13/h6-7H,2-5,11H2,1H3. The predicted molar refractivity (Wildman–Crippen MR) is 64.3 cm³/mol. The molecule has 6 heteroatoms. The molecular weight excluding hydrogens is 226 g/mol. The molecule has 2 rings (SSSR count). The van der Waals surface area contributed by atoms with Gasteiger partial charge in [-0.3, -0.25) is 0 Å². The first-order valence-electron chi connectivity index (χ1n) is 5.15. The molecule has 16 heavy (non-hydrogen) atoms. The third-order valence-electron chi connectivity index (χ3n) is 2.81. The molecule has 0 aliphatic carbocycles. The van der Waals surface area contributed by atoms with Gasteiger partial charge in [0.1, 0.15) is 5.82 Å². The Kier molecular flexibility index (Phi) is 2.75. The van der Waals surface area contributed by atoms with Crippen LogP contribution in [-0.4, -0.2) is 38.0 Å². The van der Waals surface area contributed by atoms with Crippen LogP contribution in [0, 0.1) is 6.92 Å². The van der Waals surface area contributed by atoms with Gasteiger partial charge in [-0.25, -0.2) is 13.4 Å². The Hall–Kier alpha value is -1.30. The van der Waals surface area contributed by atoms with Crippen LogP contribution in [0.1, 0.15) is 5.56 Å². The molecule has 2 heterocycles. The summed E-state index contributed by atoms with van der Waals surface area (Å²) in [6, 6.07) is 1.90. The molecule has 1 aromatic heterocycles. The number of nitrogens with two attached hydrogens (primary N) is 1. The smallest absolute Gasteiger partial charge is 0.153 e. The van der Waals surface area contributed by atoms with Crippen molar-refractivity contribution < 1.29 is 8.42 Å². The van der Waals surface area contributed by atoms with Crippen molar-refractivity contribution in [3.05, 3.63) is 17.8 Å². The Morgan fingerprint density at radius 3 is 2.56 bits per heavy atom. The van der Waals surface area contributed by atoms with Gasteiger partial charge in [-0.15, -0.1) is 0 Å². The molecule has 0 radical (unpaired) electrons. The maximum Gasteiger partial charge on any atom is 0.153 e. The lowest BCUT2D eigenvalue weighted by Gasteiger charge is -2.27. The van der Waals surface area contributed by atoms with Crippen LogP contribution in [0.25, 0.3) is 0 Å². The Morgan fingerprint density at radius 2 is 2.00 bits per heavy atom. The number of sulfone groups is 1. The summed E-state index contributed by atoms with van der Waals surface area (Å²) in [5.41, 5.74) is 7.32. The molecule has 0 saturated carbocycles. The Labute approximate surface area is 95.2 Å². The number of nitrogens with zero attached hydrogens (tertiary/aromatic N) is 2. The zero-order valence-corrected chi connectivity index (χ0v) is 10.00. The molecular formula is C10H15N3O2S. The van der Waals surface area contributed by atoms with Crippen molar-refractivity contribution in [2.24, 2.45) is 0 Å². The highest BCUT2D eigenvalue weighted by atomic mass is 32.2. The van der Waals surface area contributed by atoms with Gasteiger partial charge < -0.3 is 10.6 Å². The van der Waals surface area contributed by atoms with Crippen molar-refractivity contribution >= 4 is 21.3 Å². The van der Waals surface area contributed by atoms with E-state index in [1.165, 1.54) is 0 Å². The van der Waals surface area contributed by atoms with Gasteiger partial charge in [-0.2, -0.15) is 0 Å². The van der Waals surface area contributed by atoms with Gasteiger partial charge in [0.2, 0.25) is 0 Å². The first-order chi connectivity index (χ1) is 7.48. The molecule has 0 amide bonds. The average molecular weight is 241 g/mol. The van der Waals surface area contributed by atoms with Crippen molar-refractivity contribution in [2.75, 3.05) is 35.2 Å². The van der Waals surface area contributed by atoms with Crippen LogP contribution in [0.5, 0.6) is 0 Å². The molecule has 5 nitrogen and oxygen atoms in total. The van der Waals surface area contributed by atoms with E-state index in [4.69, 9.17) is 5.73 Å². The van der Waals surface area contributed by atoms with Gasteiger partial charge in [0.15, 0.2) is 9.84 Å². The molecule has 0 unspecified atom stereocenters. The van der Waals surface area contributed by atoms with Crippen LogP contribution in [0.3, 0.4) is 0 Å². The Balaban J connectivity index is 2.17. The lowest BCUT2D eigenvalue weighted by Crippen LogP contribution is -2.40. The monoisotopic (exact) mass is 241 g/mol. The van der Waals surface area contributed by atoms with Crippen molar-refractivity contribution in [1.29, 1.82) is 0 Å². The molecule has 88 valence electrons. The van der Waals surface area contributed by atoms with Crippen LogP contribution in [0.15, 0.2) is 12.3 Å². The summed E-state index contributed by atoms with van der Waals surface area (Å²) >= 11 is 0. The highest BCUT2D eigenvalue weighted by Gasteiger charge is 2.22. The molecule has 0 atom stereocenters. The zero-order valence-electron chi connectivity index (χ0n) is 9.18. The van der Waals surface area contributed by atoms with Crippen LogP contribution >= 0.6 is 0 Å². The maximum absolute atomic E-state index is 11.3. The number of hydrogen-bond acceptors (Lipinski definition) is 5. The normalized spacial score (nSPS) is 19.7. The van der Waals surface area contributed by atoms with E-state index in [1.54, 1.807) is 6.20 Å². The highest BCUT2D eigenvalue weighted by Crippen LogP contribution is 2.18. The summed E-state index contributed by atoms with van der Waals surface area (Å²) in [5.74, 6) is 1.22. The summed E-state index contributed by atoms with van der Waals surface area (Å²) < 4.78 is 22.6. The van der Waals surface area contributed by atoms with Gasteiger partial charge in [-0.05, 0) is 18.6 Å². The Morgan fingerprint density at radius 1 is 1.38 bits per heavy atom. The zero-order chi connectivity index (χ0) is 11.8. The van der Waals surface area contributed by atoms with Crippen LogP contribution in [-0.2, 0) is 9.84 Å². The fourth-order valence-corrected chi connectivity index (χ4v) is 2.87. The van der Waals surface area contributed by atoms with Crippen molar-refractivity contribution in [3.63, 3.8) is 0 Å². The number of rotatable bonds is 1. The van der Waals surface area contributed by atoms with Crippen LogP contribution in [0.4, 0.5) is 11.5 Å². The molecule has 0 bridgehead atoms. The molecule has 1 fully saturated rings. The van der Waals surface area contributed by atoms with E-state index in [0.29, 0.717) is 18.8 Å². The van der Waals surface area contributed by atoms with Gasteiger partial charge in [-0.1, -0.05) is 0 Å². The molecule has 0 spiro atoms. The minimum atomic E-state index is -2.84. The molecule has 1 saturated heterocycles. The number of aryl methyl sites for hydroxylation is 1. The first-order valence-corrected chi connectivity index (χ1v) is 6.97. The van der Waals surface area contributed by atoms with E-state index in [0.717, 1.165) is 11.4 Å². The number of nitrogen functional groups attached to an aromatic ring is 1. The molecule has 0 aromatic carbocycles. The summed E-state index contributed by atoms with van der Waals surface area (Å²) in [7, 11) is -2.84. The minimum Gasteiger partial charge on any atom is -0.397 e. The van der Waals surface area contributed by atoms with Gasteiger partial charge in [0.05, 0.1) is 23.4 Å². The summed E-state index contributed by atoms with van der Waals surface area (Å²) in [6.07, 6.45) is 1.62. The SMILES string of the molecule is Cc1cc(N2CCS(=O)(=O)CC2)ncc1N. The van der Waals surface area contributed by atoms with E-state index < -0.39 is 9.84 Å². The number of anilines is 2. The largest absolute Gasteiger partial charge is 0.397 e. The summed E-state index contributed by atoms with van der Waals surface area (Å²) in [6.45, 7) is 2.94. The second-order valence-corrected chi connectivity index (χ2v) is 6.34. The van der Waals surface area contributed by atoms with Crippen LogP contribution in [0.2, 0.25) is 0 Å². The van der Waals surface area contributed by atoms with Gasteiger partial charge >= 0.3 is 0 Å². The van der Waals surface area contributed by atoms with E-state index in [1.807, 2.05) is 17.9 Å². The summed E-state index contributed by atoms with van der Waals surface area (Å²) in [4.78, 5) is 6.20. The molecule has 1 aliphatic rings. The maximum atomic E-state index is 11.3. The first kappa shape index (κ1) is 11.2. The fraction of sp³-hybridized carbons (Fsp3) is 0.500. The second-order valence-electron chi connectivity index (χ2n) is 4.04. The Bertz CT molecular complexity index is 485. The lowest BCUT2D eigenvalue weighted by atomic mass is 10.2. The molecule has 2 N–H and O–H groups in total. The number of pyridine rings is 1. The van der Waals surface area contributed by atoms with Crippen molar-refractivity contribution in [1.82, 2.24) is 4.98 Å². The number of hydrogen-bond donors (Lipinski definition) is 1. The predicted octanol–water partition coefficient (Wildman–Crippen LogP) is 0.207. The topological polar surface area (TPSA) is 76.3 Å². The third-order valence-corrected chi connectivity index (χ3v) is 4.41. The molecule has 1 aromatic rings. The van der Waals surface area contributed by atoms with Crippen molar-refractivity contribution in [2.45, 2.75) is 6.92 Å². The summed E-state index contributed by atoms with van der Waals surface area (Å²) in [5, 5.41) is 0. The average Bonchev–Trinajstić information content (AvgIpc) is 2.22. The number of aromatic nitrogens is 1. The minimum absolute atomic E-state index is 0.206. The van der Waals surface area contributed by atoms with E-state index in [2.05, 4.69) is 4.98 Å². The lowest BCUT2D eigenvalue weighted by molar-refractivity contribution is 0.586. The van der Waals surface area contributed by atoms with Gasteiger partial charge in [0.25, 0.3) is 0 Å². The van der Waals surface area contributed by atoms with Gasteiger partial charge in [0, 0.05) is 13.1 Å². The fourth-order valence-electron chi connectivity index (χ4n) is 1.67. The van der Waals surface area contributed by atoms with E-state index >= 15 is 0 Å². The van der Waals surface area contributed by atoms with Crippen molar-refractivity contribution in [3.8, 4) is 0 Å². The highest BCUT2D eigenvalue weighted by molar-refractivity contribution is 7.91. The van der Waals surface area contributed by atoms with E-state index in [9.17, 15) is 8.42 Å². The quantitative estimate of drug-likeness (QED) is 0.760. The van der Waals surface area contributed by atoms with E-state index in [-0.39, 0.29) is 11.5 Å². The molecule has 1 aliphatic heterocycles. The third kappa shape index (κ3) is 2.27. The second kappa shape index (κ2) is 3.93.